The van der Waals surface area contributed by atoms with Gasteiger partial charge in [-0.1, -0.05) is 81.6 Å². The van der Waals surface area contributed by atoms with E-state index in [0.29, 0.717) is 36.2 Å². The molecule has 8 unspecified atom stereocenters. The summed E-state index contributed by atoms with van der Waals surface area (Å²) in [7, 11) is 0. The summed E-state index contributed by atoms with van der Waals surface area (Å²) >= 11 is 0. The van der Waals surface area contributed by atoms with Crippen molar-refractivity contribution < 1.29 is 9.90 Å². The minimum absolute atomic E-state index is 0.226. The molecular formula is C31H59NO2. The number of nitrogens with one attached hydrogen (secondary N) is 1. The molecule has 0 aromatic rings. The Kier molecular flexibility index (Phi) is 11.0. The van der Waals surface area contributed by atoms with E-state index in [2.05, 4.69) is 39.9 Å². The molecule has 2 N–H and O–H groups in total. The quantitative estimate of drug-likeness (QED) is 0.409. The lowest BCUT2D eigenvalue weighted by atomic mass is 9.44. The van der Waals surface area contributed by atoms with Crippen molar-refractivity contribution in [2.75, 3.05) is 6.61 Å². The molecule has 4 aliphatic rings. The normalized spacial score (nSPS) is 41.6. The second kappa shape index (κ2) is 12.6. The predicted molar refractivity (Wildman–Crippen MR) is 146 cm³/mol. The van der Waals surface area contributed by atoms with Crippen LogP contribution >= 0.6 is 0 Å². The minimum atomic E-state index is 0.226. The van der Waals surface area contributed by atoms with Gasteiger partial charge in [0.25, 0.3) is 0 Å². The topological polar surface area (TPSA) is 49.3 Å². The van der Waals surface area contributed by atoms with Crippen LogP contribution in [0.5, 0.6) is 0 Å². The van der Waals surface area contributed by atoms with Gasteiger partial charge >= 0.3 is 0 Å². The molecule has 0 aromatic carbocycles. The van der Waals surface area contributed by atoms with E-state index in [0.717, 1.165) is 36.5 Å². The summed E-state index contributed by atoms with van der Waals surface area (Å²) in [6, 6.07) is 0.272. The van der Waals surface area contributed by atoms with Gasteiger partial charge in [0.1, 0.15) is 0 Å². The number of hydrogen-bond donors (Lipinski definition) is 2. The van der Waals surface area contributed by atoms with Crippen molar-refractivity contribution in [3.05, 3.63) is 0 Å². The molecule has 4 rings (SSSR count). The highest BCUT2D eigenvalue weighted by Crippen LogP contribution is 2.67. The fourth-order valence-corrected chi connectivity index (χ4v) is 9.06. The van der Waals surface area contributed by atoms with Crippen LogP contribution in [0.2, 0.25) is 0 Å². The van der Waals surface area contributed by atoms with Crippen molar-refractivity contribution in [2.45, 2.75) is 133 Å². The highest BCUT2D eigenvalue weighted by Gasteiger charge is 2.62. The van der Waals surface area contributed by atoms with Gasteiger partial charge in [0.15, 0.2) is 0 Å². The number of piperidine rings is 1. The van der Waals surface area contributed by atoms with Crippen molar-refractivity contribution >= 4 is 5.91 Å². The average Bonchev–Trinajstić information content (AvgIpc) is 3.18. The van der Waals surface area contributed by atoms with E-state index in [1.807, 2.05) is 27.7 Å². The lowest BCUT2D eigenvalue weighted by Crippen LogP contribution is -2.63. The van der Waals surface area contributed by atoms with Gasteiger partial charge in [-0.2, -0.15) is 0 Å². The monoisotopic (exact) mass is 477 g/mol. The van der Waals surface area contributed by atoms with E-state index in [-0.39, 0.29) is 17.4 Å². The Balaban J connectivity index is 0.000000970. The van der Waals surface area contributed by atoms with Crippen LogP contribution in [0.1, 0.15) is 127 Å². The minimum Gasteiger partial charge on any atom is -0.396 e. The molecule has 3 nitrogen and oxygen atoms in total. The number of hydrogen-bond acceptors (Lipinski definition) is 2. The number of carbonyl (C=O) groups excluding carboxylic acids is 1. The molecule has 9 atom stereocenters. The van der Waals surface area contributed by atoms with Crippen LogP contribution in [0.25, 0.3) is 0 Å². The van der Waals surface area contributed by atoms with Gasteiger partial charge in [0.2, 0.25) is 5.91 Å². The summed E-state index contributed by atoms with van der Waals surface area (Å²) in [5, 5.41) is 13.7. The smallest absolute Gasteiger partial charge is 0.220 e. The second-order valence-electron chi connectivity index (χ2n) is 12.6. The number of aliphatic hydroxyl groups excluding tert-OH is 1. The maximum atomic E-state index is 12.1. The molecule has 3 heteroatoms. The predicted octanol–water partition coefficient (Wildman–Crippen LogP) is 7.86. The fraction of sp³-hybridized carbons (Fsp3) is 0.968. The first-order valence-electron chi connectivity index (χ1n) is 15.1. The molecule has 1 heterocycles. The van der Waals surface area contributed by atoms with E-state index in [1.165, 1.54) is 44.9 Å². The summed E-state index contributed by atoms with van der Waals surface area (Å²) in [5.41, 5.74) is 0.680. The van der Waals surface area contributed by atoms with E-state index < -0.39 is 0 Å². The van der Waals surface area contributed by atoms with Crippen LogP contribution in [0, 0.1) is 52.3 Å². The van der Waals surface area contributed by atoms with E-state index >= 15 is 0 Å². The standard InChI is InChI=1S/C27H47NO2.2C2H6/c1-17(2)7-6-8-18(3)20-9-10-21-25-19(16-29)15-23-27(5,14-12-24(30)28-23)22(25)11-13-26(20,21)4;2*1-2/h17-23,25,29H,6-16H2,1-5H3,(H,28,30);2*1-2H3/t18?,19?,20?,21?,22?,23?,25?,26?,27-;;/m1../s1. The Morgan fingerprint density at radius 2 is 1.59 bits per heavy atom. The third-order valence-electron chi connectivity index (χ3n) is 10.7. The van der Waals surface area contributed by atoms with E-state index in [9.17, 15) is 9.90 Å². The summed E-state index contributed by atoms with van der Waals surface area (Å²) in [6.07, 6.45) is 12.2. The van der Waals surface area contributed by atoms with E-state index in [1.54, 1.807) is 0 Å². The zero-order valence-corrected chi connectivity index (χ0v) is 24.3. The fourth-order valence-electron chi connectivity index (χ4n) is 9.06. The largest absolute Gasteiger partial charge is 0.396 e. The van der Waals surface area contributed by atoms with Crippen LogP contribution in [-0.4, -0.2) is 23.7 Å². The zero-order valence-electron chi connectivity index (χ0n) is 24.3. The van der Waals surface area contributed by atoms with Crippen LogP contribution in [-0.2, 0) is 4.79 Å². The van der Waals surface area contributed by atoms with Gasteiger partial charge < -0.3 is 10.4 Å². The van der Waals surface area contributed by atoms with Gasteiger partial charge in [-0.15, -0.1) is 0 Å². The van der Waals surface area contributed by atoms with Crippen LogP contribution in [0.15, 0.2) is 0 Å². The Bertz CT molecular complexity index is 633. The van der Waals surface area contributed by atoms with Gasteiger partial charge in [0, 0.05) is 19.1 Å². The van der Waals surface area contributed by atoms with Crippen LogP contribution in [0.4, 0.5) is 0 Å². The molecule has 3 aliphatic carbocycles. The van der Waals surface area contributed by atoms with Gasteiger partial charge in [-0.25, -0.2) is 0 Å². The lowest BCUT2D eigenvalue weighted by molar-refractivity contribution is -0.149. The van der Waals surface area contributed by atoms with Crippen molar-refractivity contribution in [2.24, 2.45) is 52.3 Å². The summed E-state index contributed by atoms with van der Waals surface area (Å²) in [4.78, 5) is 12.1. The van der Waals surface area contributed by atoms with Crippen molar-refractivity contribution in [3.63, 3.8) is 0 Å². The zero-order chi connectivity index (χ0) is 25.7. The highest BCUT2D eigenvalue weighted by atomic mass is 16.3. The molecule has 1 amide bonds. The SMILES string of the molecule is CC.CC.CC(C)CCCC(C)C1CCC2C3C(CO)CC4NC(=O)CC[C@]4(C)C3CCC12C. The first-order valence-corrected chi connectivity index (χ1v) is 15.1. The first kappa shape index (κ1) is 29.7. The molecule has 3 saturated carbocycles. The van der Waals surface area contributed by atoms with Crippen molar-refractivity contribution in [1.82, 2.24) is 5.32 Å². The van der Waals surface area contributed by atoms with Crippen molar-refractivity contribution in [1.29, 1.82) is 0 Å². The number of carbonyl (C=O) groups is 1. The summed E-state index contributed by atoms with van der Waals surface area (Å²) in [6.45, 7) is 20.6. The van der Waals surface area contributed by atoms with E-state index in [4.69, 9.17) is 0 Å². The maximum absolute atomic E-state index is 12.1. The second-order valence-corrected chi connectivity index (χ2v) is 12.6. The third kappa shape index (κ3) is 5.55. The molecule has 1 aliphatic heterocycles. The molecule has 200 valence electrons. The molecule has 0 aromatic heterocycles. The molecule has 0 radical (unpaired) electrons. The number of amides is 1. The maximum Gasteiger partial charge on any atom is 0.220 e. The molecule has 34 heavy (non-hydrogen) atoms. The molecular weight excluding hydrogens is 418 g/mol. The van der Waals surface area contributed by atoms with Gasteiger partial charge in [0.05, 0.1) is 0 Å². The Hall–Kier alpha value is -0.570. The molecule has 1 saturated heterocycles. The summed E-state index contributed by atoms with van der Waals surface area (Å²) in [5.74, 6) is 5.17. The molecule has 0 spiro atoms. The first-order chi connectivity index (χ1) is 16.2. The lowest BCUT2D eigenvalue weighted by Gasteiger charge is -2.62. The Labute approximate surface area is 212 Å². The molecule has 4 fully saturated rings. The number of rotatable bonds is 6. The number of fused-ring (bicyclic) bond motifs is 5. The Morgan fingerprint density at radius 3 is 2.21 bits per heavy atom. The van der Waals surface area contributed by atoms with Crippen LogP contribution < -0.4 is 5.32 Å². The summed E-state index contributed by atoms with van der Waals surface area (Å²) < 4.78 is 0. The molecule has 0 bridgehead atoms. The van der Waals surface area contributed by atoms with Gasteiger partial charge in [-0.3, -0.25) is 4.79 Å². The van der Waals surface area contributed by atoms with Crippen LogP contribution in [0.3, 0.4) is 0 Å². The number of aliphatic hydroxyl groups is 1. The highest BCUT2D eigenvalue weighted by molar-refractivity contribution is 5.77. The Morgan fingerprint density at radius 1 is 0.941 bits per heavy atom. The third-order valence-corrected chi connectivity index (χ3v) is 10.7. The van der Waals surface area contributed by atoms with Crippen molar-refractivity contribution in [3.8, 4) is 0 Å². The average molecular weight is 478 g/mol. The van der Waals surface area contributed by atoms with Gasteiger partial charge in [-0.05, 0) is 90.8 Å².